The average molecular weight is 347 g/mol. The van der Waals surface area contributed by atoms with Crippen molar-refractivity contribution in [2.24, 2.45) is 0 Å². The van der Waals surface area contributed by atoms with Crippen LogP contribution >= 0.6 is 0 Å². The third-order valence-electron chi connectivity index (χ3n) is 5.39. The third-order valence-corrected chi connectivity index (χ3v) is 5.39. The van der Waals surface area contributed by atoms with Crippen LogP contribution in [0.25, 0.3) is 0 Å². The Hall–Kier alpha value is -1.79. The molecule has 0 bridgehead atoms. The molecule has 25 heavy (non-hydrogen) atoms. The van der Waals surface area contributed by atoms with Gasteiger partial charge in [0.05, 0.1) is 18.8 Å². The third kappa shape index (κ3) is 4.07. The Morgan fingerprint density at radius 3 is 2.76 bits per heavy atom. The lowest BCUT2D eigenvalue weighted by Crippen LogP contribution is -2.60. The van der Waals surface area contributed by atoms with Crippen molar-refractivity contribution in [2.75, 3.05) is 39.8 Å². The van der Waals surface area contributed by atoms with Gasteiger partial charge in [0, 0.05) is 26.2 Å². The summed E-state index contributed by atoms with van der Waals surface area (Å²) in [5, 5.41) is 12.9. The van der Waals surface area contributed by atoms with Crippen LogP contribution in [0.3, 0.4) is 0 Å². The Morgan fingerprint density at radius 2 is 2.04 bits per heavy atom. The summed E-state index contributed by atoms with van der Waals surface area (Å²) in [7, 11) is 2.11. The van der Waals surface area contributed by atoms with E-state index in [0.717, 1.165) is 55.8 Å². The van der Waals surface area contributed by atoms with E-state index < -0.39 is 0 Å². The SMILES string of the molecule is Cc1cc(CCNC(=O)N2CC[C@@H]3OCCN(C)[C@H]3C2)cc(C)c1O. The Morgan fingerprint density at radius 1 is 1.32 bits per heavy atom. The zero-order valence-electron chi connectivity index (χ0n) is 15.4. The molecule has 1 aromatic rings. The number of hydrogen-bond acceptors (Lipinski definition) is 4. The van der Waals surface area contributed by atoms with E-state index in [-0.39, 0.29) is 12.1 Å². The second-order valence-electron chi connectivity index (χ2n) is 7.25. The first kappa shape index (κ1) is 18.0. The number of likely N-dealkylation sites (N-methyl/N-ethyl adjacent to an activating group) is 1. The van der Waals surface area contributed by atoms with Crippen LogP contribution in [-0.4, -0.2) is 72.9 Å². The number of fused-ring (bicyclic) bond motifs is 1. The van der Waals surface area contributed by atoms with Gasteiger partial charge in [-0.05, 0) is 50.4 Å². The van der Waals surface area contributed by atoms with E-state index in [1.165, 1.54) is 0 Å². The number of nitrogens with one attached hydrogen (secondary N) is 1. The smallest absolute Gasteiger partial charge is 0.317 e. The second kappa shape index (κ2) is 7.62. The Bertz CT molecular complexity index is 611. The van der Waals surface area contributed by atoms with Crippen LogP contribution in [0.15, 0.2) is 12.1 Å². The largest absolute Gasteiger partial charge is 0.507 e. The number of phenols is 1. The number of morpholine rings is 1. The van der Waals surface area contributed by atoms with Gasteiger partial charge in [0.2, 0.25) is 0 Å². The number of carbonyl (C=O) groups is 1. The number of likely N-dealkylation sites (tertiary alicyclic amines) is 1. The zero-order chi connectivity index (χ0) is 18.0. The van der Waals surface area contributed by atoms with Crippen LogP contribution in [0.2, 0.25) is 0 Å². The van der Waals surface area contributed by atoms with E-state index in [9.17, 15) is 9.90 Å². The molecule has 1 aromatic carbocycles. The molecular weight excluding hydrogens is 318 g/mol. The van der Waals surface area contributed by atoms with Crippen molar-refractivity contribution in [1.29, 1.82) is 0 Å². The molecule has 0 radical (unpaired) electrons. The molecule has 2 saturated heterocycles. The number of ether oxygens (including phenoxy) is 1. The number of aryl methyl sites for hydroxylation is 2. The standard InChI is InChI=1S/C19H29N3O3/c1-13-10-15(11-14(2)18(13)23)4-6-20-19(24)22-7-5-17-16(12-22)21(3)8-9-25-17/h10-11,16-17,23H,4-9,12H2,1-3H3,(H,20,24)/t16-,17-/m0/s1. The number of piperidine rings is 1. The van der Waals surface area contributed by atoms with Gasteiger partial charge in [-0.15, -0.1) is 0 Å². The highest BCUT2D eigenvalue weighted by Gasteiger charge is 2.36. The van der Waals surface area contributed by atoms with Crippen molar-refractivity contribution in [3.8, 4) is 5.75 Å². The predicted octanol–water partition coefficient (Wildman–Crippen LogP) is 1.67. The van der Waals surface area contributed by atoms with Crippen molar-refractivity contribution in [3.05, 3.63) is 28.8 Å². The van der Waals surface area contributed by atoms with Crippen LogP contribution in [-0.2, 0) is 11.2 Å². The summed E-state index contributed by atoms with van der Waals surface area (Å²) in [5.41, 5.74) is 2.89. The van der Waals surface area contributed by atoms with Gasteiger partial charge >= 0.3 is 6.03 Å². The van der Waals surface area contributed by atoms with Crippen molar-refractivity contribution in [3.63, 3.8) is 0 Å². The summed E-state index contributed by atoms with van der Waals surface area (Å²) < 4.78 is 5.83. The predicted molar refractivity (Wildman–Crippen MR) is 97.0 cm³/mol. The molecule has 0 aliphatic carbocycles. The number of nitrogens with zero attached hydrogens (tertiary/aromatic N) is 2. The molecule has 6 nitrogen and oxygen atoms in total. The highest BCUT2D eigenvalue weighted by Crippen LogP contribution is 2.23. The molecular formula is C19H29N3O3. The van der Waals surface area contributed by atoms with E-state index >= 15 is 0 Å². The first-order valence-electron chi connectivity index (χ1n) is 9.09. The van der Waals surface area contributed by atoms with Crippen molar-refractivity contribution >= 4 is 6.03 Å². The lowest BCUT2D eigenvalue weighted by molar-refractivity contribution is -0.0881. The fourth-order valence-electron chi connectivity index (χ4n) is 3.84. The quantitative estimate of drug-likeness (QED) is 0.873. The van der Waals surface area contributed by atoms with Gasteiger partial charge in [0.25, 0.3) is 0 Å². The zero-order valence-corrected chi connectivity index (χ0v) is 15.4. The van der Waals surface area contributed by atoms with Crippen LogP contribution in [0, 0.1) is 13.8 Å². The maximum atomic E-state index is 12.5. The summed E-state index contributed by atoms with van der Waals surface area (Å²) in [6, 6.07) is 4.27. The summed E-state index contributed by atoms with van der Waals surface area (Å²) in [6.07, 6.45) is 1.92. The highest BCUT2D eigenvalue weighted by molar-refractivity contribution is 5.74. The fraction of sp³-hybridized carbons (Fsp3) is 0.632. The molecule has 2 heterocycles. The lowest BCUT2D eigenvalue weighted by Gasteiger charge is -2.45. The lowest BCUT2D eigenvalue weighted by atomic mass is 9.99. The van der Waals surface area contributed by atoms with E-state index in [2.05, 4.69) is 17.3 Å². The molecule has 3 rings (SSSR count). The first-order valence-corrected chi connectivity index (χ1v) is 9.09. The number of carbonyl (C=O) groups excluding carboxylic acids is 1. The molecule has 2 fully saturated rings. The van der Waals surface area contributed by atoms with Gasteiger partial charge in [-0.25, -0.2) is 4.79 Å². The second-order valence-corrected chi connectivity index (χ2v) is 7.25. The summed E-state index contributed by atoms with van der Waals surface area (Å²) in [6.45, 7) is 7.59. The number of benzene rings is 1. The van der Waals surface area contributed by atoms with Crippen molar-refractivity contribution in [2.45, 2.75) is 38.8 Å². The molecule has 138 valence electrons. The normalized spacial score (nSPS) is 24.0. The molecule has 2 aliphatic heterocycles. The summed E-state index contributed by atoms with van der Waals surface area (Å²) in [4.78, 5) is 16.7. The van der Waals surface area contributed by atoms with Gasteiger partial charge < -0.3 is 20.1 Å². The molecule has 2 N–H and O–H groups in total. The maximum Gasteiger partial charge on any atom is 0.317 e. The number of rotatable bonds is 3. The van der Waals surface area contributed by atoms with E-state index in [1.807, 2.05) is 30.9 Å². The summed E-state index contributed by atoms with van der Waals surface area (Å²) >= 11 is 0. The topological polar surface area (TPSA) is 65.0 Å². The van der Waals surface area contributed by atoms with Crippen molar-refractivity contribution < 1.29 is 14.6 Å². The van der Waals surface area contributed by atoms with Crippen LogP contribution < -0.4 is 5.32 Å². The number of urea groups is 1. The Balaban J connectivity index is 1.49. The van der Waals surface area contributed by atoms with Crippen molar-refractivity contribution in [1.82, 2.24) is 15.1 Å². The number of phenolic OH excluding ortho intramolecular Hbond substituents is 1. The average Bonchev–Trinajstić information content (AvgIpc) is 2.59. The van der Waals surface area contributed by atoms with Crippen LogP contribution in [0.4, 0.5) is 4.79 Å². The highest BCUT2D eigenvalue weighted by atomic mass is 16.5. The van der Waals surface area contributed by atoms with Gasteiger partial charge in [-0.3, -0.25) is 4.90 Å². The Kier molecular flexibility index (Phi) is 5.49. The maximum absolute atomic E-state index is 12.5. The minimum atomic E-state index is 0.00430. The fourth-order valence-corrected chi connectivity index (χ4v) is 3.84. The van der Waals surface area contributed by atoms with Crippen LogP contribution in [0.1, 0.15) is 23.1 Å². The minimum absolute atomic E-state index is 0.00430. The molecule has 2 aliphatic rings. The van der Waals surface area contributed by atoms with E-state index in [1.54, 1.807) is 0 Å². The molecule has 0 saturated carbocycles. The molecule has 2 atom stereocenters. The molecule has 0 aromatic heterocycles. The summed E-state index contributed by atoms with van der Waals surface area (Å²) in [5.74, 6) is 0.356. The Labute approximate surface area is 149 Å². The number of hydrogen-bond donors (Lipinski definition) is 2. The first-order chi connectivity index (χ1) is 12.0. The minimum Gasteiger partial charge on any atom is -0.507 e. The van der Waals surface area contributed by atoms with Gasteiger partial charge in [-0.1, -0.05) is 12.1 Å². The van der Waals surface area contributed by atoms with Gasteiger partial charge in [0.15, 0.2) is 0 Å². The van der Waals surface area contributed by atoms with Crippen LogP contribution in [0.5, 0.6) is 5.75 Å². The monoisotopic (exact) mass is 347 g/mol. The van der Waals surface area contributed by atoms with Gasteiger partial charge in [-0.2, -0.15) is 0 Å². The molecule has 0 unspecified atom stereocenters. The van der Waals surface area contributed by atoms with Gasteiger partial charge in [0.1, 0.15) is 5.75 Å². The van der Waals surface area contributed by atoms with E-state index in [0.29, 0.717) is 18.3 Å². The molecule has 2 amide bonds. The molecule has 6 heteroatoms. The number of aromatic hydroxyl groups is 1. The number of amides is 2. The van der Waals surface area contributed by atoms with E-state index in [4.69, 9.17) is 4.74 Å². The molecule has 0 spiro atoms.